The van der Waals surface area contributed by atoms with Crippen molar-refractivity contribution in [2.45, 2.75) is 38.1 Å². The minimum atomic E-state index is -0.552. The third kappa shape index (κ3) is 4.31. The van der Waals surface area contributed by atoms with Crippen molar-refractivity contribution in [1.82, 2.24) is 5.32 Å². The van der Waals surface area contributed by atoms with Gasteiger partial charge in [-0.25, -0.2) is 4.79 Å². The van der Waals surface area contributed by atoms with Gasteiger partial charge in [-0.15, -0.1) is 0 Å². The van der Waals surface area contributed by atoms with E-state index in [0.29, 0.717) is 18.5 Å². The number of anilines is 1. The van der Waals surface area contributed by atoms with Crippen molar-refractivity contribution in [1.29, 1.82) is 0 Å². The second kappa shape index (κ2) is 8.47. The molecule has 0 radical (unpaired) electrons. The molecular weight excluding hydrogens is 368 g/mol. The van der Waals surface area contributed by atoms with Crippen molar-refractivity contribution in [3.05, 3.63) is 65.2 Å². The Bertz CT molecular complexity index is 923. The number of carbonyl (C=O) groups excluding carboxylic acids is 3. The molecule has 2 amide bonds. The highest BCUT2D eigenvalue weighted by Crippen LogP contribution is 2.29. The average molecular weight is 392 g/mol. The summed E-state index contributed by atoms with van der Waals surface area (Å²) in [7, 11) is 0. The molecule has 1 atom stereocenters. The number of carbonyl (C=O) groups is 3. The Labute approximate surface area is 169 Å². The van der Waals surface area contributed by atoms with Crippen molar-refractivity contribution >= 4 is 23.5 Å². The van der Waals surface area contributed by atoms with Gasteiger partial charge in [-0.1, -0.05) is 24.3 Å². The minimum Gasteiger partial charge on any atom is -0.452 e. The molecule has 0 saturated carbocycles. The van der Waals surface area contributed by atoms with Crippen LogP contribution in [0.5, 0.6) is 0 Å². The van der Waals surface area contributed by atoms with E-state index >= 15 is 0 Å². The molecule has 1 saturated heterocycles. The second-order valence-electron chi connectivity index (χ2n) is 7.48. The summed E-state index contributed by atoms with van der Waals surface area (Å²) in [6.07, 6.45) is 4.34. The molecule has 0 aromatic heterocycles. The molecule has 1 aliphatic heterocycles. The zero-order valence-electron chi connectivity index (χ0n) is 16.2. The fraction of sp³-hybridized carbons (Fsp3) is 0.348. The average Bonchev–Trinajstić information content (AvgIpc) is 3.18. The van der Waals surface area contributed by atoms with E-state index in [1.807, 2.05) is 18.2 Å². The fourth-order valence-corrected chi connectivity index (χ4v) is 4.05. The number of benzene rings is 2. The molecule has 2 aliphatic rings. The van der Waals surface area contributed by atoms with Crippen molar-refractivity contribution in [2.75, 3.05) is 18.1 Å². The molecule has 2 aromatic rings. The van der Waals surface area contributed by atoms with Crippen LogP contribution < -0.4 is 10.2 Å². The molecule has 6 nitrogen and oxygen atoms in total. The summed E-state index contributed by atoms with van der Waals surface area (Å²) in [5, 5.41) is 2.97. The number of fused-ring (bicyclic) bond motifs is 1. The Morgan fingerprint density at radius 3 is 2.59 bits per heavy atom. The first kappa shape index (κ1) is 19.2. The highest BCUT2D eigenvalue weighted by atomic mass is 16.5. The van der Waals surface area contributed by atoms with E-state index in [2.05, 4.69) is 11.4 Å². The van der Waals surface area contributed by atoms with Crippen LogP contribution in [0.3, 0.4) is 0 Å². The minimum absolute atomic E-state index is 0.0385. The van der Waals surface area contributed by atoms with Gasteiger partial charge in [-0.2, -0.15) is 0 Å². The van der Waals surface area contributed by atoms with E-state index in [1.54, 1.807) is 29.2 Å². The third-order valence-corrected chi connectivity index (χ3v) is 5.53. The fourth-order valence-electron chi connectivity index (χ4n) is 4.05. The molecule has 6 heteroatoms. The molecule has 0 spiro atoms. The van der Waals surface area contributed by atoms with E-state index in [-0.39, 0.29) is 24.5 Å². The smallest absolute Gasteiger partial charge is 0.338 e. The summed E-state index contributed by atoms with van der Waals surface area (Å²) in [6, 6.07) is 14.8. The Hall–Kier alpha value is -3.15. The first-order chi connectivity index (χ1) is 14.1. The number of nitrogens with zero attached hydrogens (tertiary/aromatic N) is 1. The monoisotopic (exact) mass is 392 g/mol. The molecule has 1 unspecified atom stereocenters. The largest absolute Gasteiger partial charge is 0.452 e. The lowest BCUT2D eigenvalue weighted by atomic mass is 9.88. The molecule has 1 fully saturated rings. The Kier molecular flexibility index (Phi) is 5.60. The van der Waals surface area contributed by atoms with Gasteiger partial charge in [0.1, 0.15) is 0 Å². The molecular formula is C23H24N2O4. The zero-order chi connectivity index (χ0) is 20.2. The Morgan fingerprint density at radius 1 is 1.03 bits per heavy atom. The first-order valence-corrected chi connectivity index (χ1v) is 10.1. The number of ether oxygens (including phenoxy) is 1. The van der Waals surface area contributed by atoms with Crippen LogP contribution in [-0.2, 0) is 20.7 Å². The third-order valence-electron chi connectivity index (χ3n) is 5.53. The van der Waals surface area contributed by atoms with Crippen LogP contribution in [0.15, 0.2) is 48.5 Å². The van der Waals surface area contributed by atoms with E-state index < -0.39 is 5.97 Å². The lowest BCUT2D eigenvalue weighted by Crippen LogP contribution is -2.34. The van der Waals surface area contributed by atoms with Crippen LogP contribution in [0.4, 0.5) is 5.69 Å². The number of nitrogens with one attached hydrogen (secondary N) is 1. The normalized spacial score (nSPS) is 18.3. The van der Waals surface area contributed by atoms with Crippen LogP contribution in [0, 0.1) is 0 Å². The van der Waals surface area contributed by atoms with E-state index in [0.717, 1.165) is 36.9 Å². The summed E-state index contributed by atoms with van der Waals surface area (Å²) in [4.78, 5) is 38.1. The summed E-state index contributed by atoms with van der Waals surface area (Å²) < 4.78 is 5.17. The molecule has 29 heavy (non-hydrogen) atoms. The highest BCUT2D eigenvalue weighted by Gasteiger charge is 2.23. The zero-order valence-corrected chi connectivity index (χ0v) is 16.2. The van der Waals surface area contributed by atoms with E-state index in [4.69, 9.17) is 4.74 Å². The summed E-state index contributed by atoms with van der Waals surface area (Å²) in [6.45, 7) is 0.386. The lowest BCUT2D eigenvalue weighted by molar-refractivity contribution is -0.125. The predicted molar refractivity (Wildman–Crippen MR) is 109 cm³/mol. The molecule has 4 rings (SSSR count). The quantitative estimate of drug-likeness (QED) is 0.793. The SMILES string of the molecule is O=C(COC(=O)c1ccc(N2CCCC2=O)cc1)NC1CCCc2ccccc21. The van der Waals surface area contributed by atoms with Crippen molar-refractivity contribution in [3.63, 3.8) is 0 Å². The van der Waals surface area contributed by atoms with E-state index in [1.165, 1.54) is 5.56 Å². The van der Waals surface area contributed by atoms with Gasteiger partial charge < -0.3 is 15.0 Å². The van der Waals surface area contributed by atoms with E-state index in [9.17, 15) is 14.4 Å². The topological polar surface area (TPSA) is 75.7 Å². The number of esters is 1. The molecule has 2 aromatic carbocycles. The van der Waals surface area contributed by atoms with Crippen molar-refractivity contribution in [3.8, 4) is 0 Å². The first-order valence-electron chi connectivity index (χ1n) is 10.1. The van der Waals surface area contributed by atoms with Gasteiger partial charge in [0.05, 0.1) is 11.6 Å². The summed E-state index contributed by atoms with van der Waals surface area (Å²) >= 11 is 0. The number of hydrogen-bond donors (Lipinski definition) is 1. The van der Waals surface area contributed by atoms with Gasteiger partial charge in [0.15, 0.2) is 6.61 Å². The molecule has 150 valence electrons. The van der Waals surface area contributed by atoms with Gasteiger partial charge in [0.2, 0.25) is 5.91 Å². The van der Waals surface area contributed by atoms with Gasteiger partial charge in [-0.3, -0.25) is 9.59 Å². The number of aryl methyl sites for hydroxylation is 1. The van der Waals surface area contributed by atoms with Crippen LogP contribution in [0.1, 0.15) is 53.2 Å². The number of amides is 2. The lowest BCUT2D eigenvalue weighted by Gasteiger charge is -2.26. The summed E-state index contributed by atoms with van der Waals surface area (Å²) in [5.41, 5.74) is 3.54. The van der Waals surface area contributed by atoms with Crippen LogP contribution in [-0.4, -0.2) is 30.9 Å². The number of hydrogen-bond acceptors (Lipinski definition) is 4. The van der Waals surface area contributed by atoms with Gasteiger partial charge >= 0.3 is 5.97 Å². The Morgan fingerprint density at radius 2 is 1.83 bits per heavy atom. The van der Waals surface area contributed by atoms with Crippen molar-refractivity contribution < 1.29 is 19.1 Å². The predicted octanol–water partition coefficient (Wildman–Crippen LogP) is 3.16. The molecule has 0 bridgehead atoms. The van der Waals surface area contributed by atoms with Crippen LogP contribution >= 0.6 is 0 Å². The maximum Gasteiger partial charge on any atom is 0.338 e. The summed E-state index contributed by atoms with van der Waals surface area (Å²) in [5.74, 6) is -0.760. The van der Waals surface area contributed by atoms with Gasteiger partial charge in [0, 0.05) is 18.7 Å². The van der Waals surface area contributed by atoms with Crippen molar-refractivity contribution in [2.24, 2.45) is 0 Å². The maximum atomic E-state index is 12.3. The molecule has 1 aliphatic carbocycles. The van der Waals surface area contributed by atoms with Crippen LogP contribution in [0.2, 0.25) is 0 Å². The molecule has 1 N–H and O–H groups in total. The standard InChI is InChI=1S/C23H24N2O4/c26-21(24-20-8-3-6-16-5-1-2-7-19(16)20)15-29-23(28)17-10-12-18(13-11-17)25-14-4-9-22(25)27/h1-2,5,7,10-13,20H,3-4,6,8-9,14-15H2,(H,24,26). The highest BCUT2D eigenvalue weighted by molar-refractivity contribution is 5.96. The van der Waals surface area contributed by atoms with Gasteiger partial charge in [0.25, 0.3) is 5.91 Å². The van der Waals surface area contributed by atoms with Crippen LogP contribution in [0.25, 0.3) is 0 Å². The second-order valence-corrected chi connectivity index (χ2v) is 7.48. The Balaban J connectivity index is 1.30. The van der Waals surface area contributed by atoms with Gasteiger partial charge in [-0.05, 0) is 61.1 Å². The maximum absolute atomic E-state index is 12.3. The molecule has 1 heterocycles. The number of rotatable bonds is 5.